The van der Waals surface area contributed by atoms with Gasteiger partial charge in [-0.2, -0.15) is 0 Å². The molecular formula is C12H21N3O4. The van der Waals surface area contributed by atoms with E-state index in [4.69, 9.17) is 5.11 Å². The van der Waals surface area contributed by atoms with E-state index < -0.39 is 11.9 Å². The minimum Gasteiger partial charge on any atom is -0.481 e. The summed E-state index contributed by atoms with van der Waals surface area (Å²) in [7, 11) is 1.69. The molecule has 1 aliphatic heterocycles. The number of hydrogen-bond acceptors (Lipinski definition) is 3. The van der Waals surface area contributed by atoms with Crippen molar-refractivity contribution < 1.29 is 19.5 Å². The van der Waals surface area contributed by atoms with Gasteiger partial charge in [-0.15, -0.1) is 0 Å². The van der Waals surface area contributed by atoms with Gasteiger partial charge in [0.05, 0.1) is 5.92 Å². The Balaban J connectivity index is 2.42. The summed E-state index contributed by atoms with van der Waals surface area (Å²) in [5.74, 6) is -1.58. The van der Waals surface area contributed by atoms with Gasteiger partial charge < -0.3 is 20.2 Å². The standard InChI is InChI=1S/C12H21N3O4/c1-3-4-9(11(17)18)7-13-12(19)15-6-5-14(2)10(16)8-15/h9H,3-8H2,1-2H3,(H,13,19)(H,17,18). The first kappa shape index (κ1) is 15.3. The average Bonchev–Trinajstić information content (AvgIpc) is 2.37. The van der Waals surface area contributed by atoms with Crippen molar-refractivity contribution >= 4 is 17.9 Å². The molecule has 7 heteroatoms. The molecule has 1 atom stereocenters. The van der Waals surface area contributed by atoms with Crippen LogP contribution in [0.15, 0.2) is 0 Å². The van der Waals surface area contributed by atoms with Gasteiger partial charge in [-0.05, 0) is 6.42 Å². The molecule has 0 radical (unpaired) electrons. The Hall–Kier alpha value is -1.79. The van der Waals surface area contributed by atoms with Crippen LogP contribution in [0.25, 0.3) is 0 Å². The fourth-order valence-electron chi connectivity index (χ4n) is 1.92. The predicted octanol–water partition coefficient (Wildman–Crippen LogP) is -0.0291. The van der Waals surface area contributed by atoms with Crippen LogP contribution >= 0.6 is 0 Å². The van der Waals surface area contributed by atoms with E-state index in [0.717, 1.165) is 6.42 Å². The number of carboxylic acid groups (broad SMARTS) is 1. The summed E-state index contributed by atoms with van der Waals surface area (Å²) in [6.07, 6.45) is 1.27. The first-order valence-electron chi connectivity index (χ1n) is 6.45. The van der Waals surface area contributed by atoms with Crippen LogP contribution in [0.1, 0.15) is 19.8 Å². The van der Waals surface area contributed by atoms with E-state index in [0.29, 0.717) is 19.5 Å². The lowest BCUT2D eigenvalue weighted by Gasteiger charge is -2.32. The molecule has 1 rings (SSSR count). The van der Waals surface area contributed by atoms with Crippen LogP contribution in [0.5, 0.6) is 0 Å². The monoisotopic (exact) mass is 271 g/mol. The lowest BCUT2D eigenvalue weighted by molar-refractivity contribution is -0.141. The molecule has 0 aromatic heterocycles. The maximum absolute atomic E-state index is 11.8. The van der Waals surface area contributed by atoms with Crippen LogP contribution in [0.3, 0.4) is 0 Å². The van der Waals surface area contributed by atoms with Crippen molar-refractivity contribution in [2.24, 2.45) is 5.92 Å². The summed E-state index contributed by atoms with van der Waals surface area (Å²) in [6.45, 7) is 3.02. The van der Waals surface area contributed by atoms with E-state index in [1.165, 1.54) is 4.90 Å². The average molecular weight is 271 g/mol. The molecule has 1 heterocycles. The van der Waals surface area contributed by atoms with Gasteiger partial charge in [0.2, 0.25) is 5.91 Å². The molecule has 19 heavy (non-hydrogen) atoms. The third-order valence-electron chi connectivity index (χ3n) is 3.23. The highest BCUT2D eigenvalue weighted by atomic mass is 16.4. The van der Waals surface area contributed by atoms with Crippen LogP contribution in [-0.4, -0.2) is 66.0 Å². The normalized spacial score (nSPS) is 17.3. The molecule has 1 saturated heterocycles. The maximum atomic E-state index is 11.8. The van der Waals surface area contributed by atoms with Gasteiger partial charge in [0.15, 0.2) is 0 Å². The Morgan fingerprint density at radius 2 is 2.11 bits per heavy atom. The largest absolute Gasteiger partial charge is 0.481 e. The number of rotatable bonds is 5. The van der Waals surface area contributed by atoms with E-state index in [1.807, 2.05) is 6.92 Å². The number of carbonyl (C=O) groups is 3. The van der Waals surface area contributed by atoms with Crippen molar-refractivity contribution in [1.82, 2.24) is 15.1 Å². The second-order valence-corrected chi connectivity index (χ2v) is 4.75. The molecular weight excluding hydrogens is 250 g/mol. The highest BCUT2D eigenvalue weighted by Gasteiger charge is 2.25. The number of nitrogens with zero attached hydrogens (tertiary/aromatic N) is 2. The van der Waals surface area contributed by atoms with Crippen molar-refractivity contribution in [3.8, 4) is 0 Å². The topological polar surface area (TPSA) is 90.0 Å². The minimum absolute atomic E-state index is 0.0495. The third-order valence-corrected chi connectivity index (χ3v) is 3.23. The van der Waals surface area contributed by atoms with Crippen molar-refractivity contribution in [3.05, 3.63) is 0 Å². The summed E-state index contributed by atoms with van der Waals surface area (Å²) in [6, 6.07) is -0.371. The van der Waals surface area contributed by atoms with Gasteiger partial charge in [-0.25, -0.2) is 4.79 Å². The Bertz CT molecular complexity index is 359. The molecule has 0 aromatic carbocycles. The number of urea groups is 1. The molecule has 0 aromatic rings. The van der Waals surface area contributed by atoms with Crippen LogP contribution in [0, 0.1) is 5.92 Å². The zero-order valence-corrected chi connectivity index (χ0v) is 11.4. The third kappa shape index (κ3) is 4.42. The molecule has 0 bridgehead atoms. The molecule has 1 aliphatic rings. The Kier molecular flexibility index (Phi) is 5.59. The SMILES string of the molecule is CCCC(CNC(=O)N1CCN(C)C(=O)C1)C(=O)O. The second kappa shape index (κ2) is 6.96. The van der Waals surface area contributed by atoms with Crippen LogP contribution in [-0.2, 0) is 9.59 Å². The first-order valence-corrected chi connectivity index (χ1v) is 6.45. The van der Waals surface area contributed by atoms with E-state index in [2.05, 4.69) is 5.32 Å². The fourth-order valence-corrected chi connectivity index (χ4v) is 1.92. The lowest BCUT2D eigenvalue weighted by atomic mass is 10.0. The first-order chi connectivity index (χ1) is 8.95. The molecule has 2 N–H and O–H groups in total. The highest BCUT2D eigenvalue weighted by Crippen LogP contribution is 2.06. The van der Waals surface area contributed by atoms with Crippen molar-refractivity contribution in [3.63, 3.8) is 0 Å². The van der Waals surface area contributed by atoms with E-state index in [-0.39, 0.29) is 25.0 Å². The second-order valence-electron chi connectivity index (χ2n) is 4.75. The quantitative estimate of drug-likeness (QED) is 0.735. The molecule has 7 nitrogen and oxygen atoms in total. The van der Waals surface area contributed by atoms with E-state index in [9.17, 15) is 14.4 Å². The van der Waals surface area contributed by atoms with Gasteiger partial charge in [0.25, 0.3) is 0 Å². The van der Waals surface area contributed by atoms with Crippen molar-refractivity contribution in [1.29, 1.82) is 0 Å². The molecule has 3 amide bonds. The maximum Gasteiger partial charge on any atom is 0.317 e. The zero-order valence-electron chi connectivity index (χ0n) is 11.4. The zero-order chi connectivity index (χ0) is 14.4. The van der Waals surface area contributed by atoms with Crippen LogP contribution in [0.4, 0.5) is 4.79 Å². The predicted molar refractivity (Wildman–Crippen MR) is 68.6 cm³/mol. The number of piperazine rings is 1. The highest BCUT2D eigenvalue weighted by molar-refractivity contribution is 5.85. The number of aliphatic carboxylic acids is 1. The van der Waals surface area contributed by atoms with E-state index in [1.54, 1.807) is 11.9 Å². The summed E-state index contributed by atoms with van der Waals surface area (Å²) >= 11 is 0. The van der Waals surface area contributed by atoms with Crippen LogP contribution < -0.4 is 5.32 Å². The smallest absolute Gasteiger partial charge is 0.317 e. The van der Waals surface area contributed by atoms with Gasteiger partial charge in [0.1, 0.15) is 6.54 Å². The summed E-state index contributed by atoms with van der Waals surface area (Å²) in [5.41, 5.74) is 0. The number of amides is 3. The lowest BCUT2D eigenvalue weighted by Crippen LogP contribution is -2.54. The van der Waals surface area contributed by atoms with Gasteiger partial charge >= 0.3 is 12.0 Å². The Morgan fingerprint density at radius 1 is 1.42 bits per heavy atom. The van der Waals surface area contributed by atoms with Crippen molar-refractivity contribution in [2.45, 2.75) is 19.8 Å². The number of hydrogen-bond donors (Lipinski definition) is 2. The summed E-state index contributed by atoms with van der Waals surface area (Å²) in [5, 5.41) is 11.6. The van der Waals surface area contributed by atoms with E-state index >= 15 is 0 Å². The molecule has 0 spiro atoms. The molecule has 0 saturated carbocycles. The number of carbonyl (C=O) groups excluding carboxylic acids is 2. The Morgan fingerprint density at radius 3 is 2.63 bits per heavy atom. The molecule has 1 fully saturated rings. The number of nitrogens with one attached hydrogen (secondary N) is 1. The number of carboxylic acids is 1. The summed E-state index contributed by atoms with van der Waals surface area (Å²) in [4.78, 5) is 37.2. The fraction of sp³-hybridized carbons (Fsp3) is 0.750. The van der Waals surface area contributed by atoms with Gasteiger partial charge in [0, 0.05) is 26.7 Å². The van der Waals surface area contributed by atoms with Gasteiger partial charge in [-0.1, -0.05) is 13.3 Å². The summed E-state index contributed by atoms with van der Waals surface area (Å²) < 4.78 is 0. The van der Waals surface area contributed by atoms with Crippen molar-refractivity contribution in [2.75, 3.05) is 33.2 Å². The van der Waals surface area contributed by atoms with Crippen LogP contribution in [0.2, 0.25) is 0 Å². The molecule has 1 unspecified atom stereocenters. The Labute approximate surface area is 112 Å². The minimum atomic E-state index is -0.906. The molecule has 108 valence electrons. The van der Waals surface area contributed by atoms with Gasteiger partial charge in [-0.3, -0.25) is 9.59 Å². The molecule has 0 aliphatic carbocycles. The number of likely N-dealkylation sites (N-methyl/N-ethyl adjacent to an activating group) is 1.